The van der Waals surface area contributed by atoms with Crippen molar-refractivity contribution < 1.29 is 0 Å². The Bertz CT molecular complexity index is 2030. The lowest BCUT2D eigenvalue weighted by atomic mass is 10.0. The first-order valence-corrected chi connectivity index (χ1v) is 16.6. The van der Waals surface area contributed by atoms with Crippen molar-refractivity contribution in [3.8, 4) is 6.07 Å². The maximum absolute atomic E-state index is 10.0. The molecule has 1 atom stereocenters. The summed E-state index contributed by atoms with van der Waals surface area (Å²) in [6.07, 6.45) is 7.69. The van der Waals surface area contributed by atoms with Crippen LogP contribution in [0.2, 0.25) is 10.0 Å². The zero-order valence-corrected chi connectivity index (χ0v) is 27.7. The maximum Gasteiger partial charge on any atom is 0.103 e. The average Bonchev–Trinajstić information content (AvgIpc) is 3.59. The Morgan fingerprint density at radius 1 is 1.02 bits per heavy atom. The summed E-state index contributed by atoms with van der Waals surface area (Å²) < 4.78 is 0. The Labute approximate surface area is 284 Å². The van der Waals surface area contributed by atoms with Crippen molar-refractivity contribution in [2.75, 3.05) is 30.3 Å². The fourth-order valence-corrected chi connectivity index (χ4v) is 6.80. The smallest absolute Gasteiger partial charge is 0.103 e. The van der Waals surface area contributed by atoms with Gasteiger partial charge in [0.25, 0.3) is 0 Å². The summed E-state index contributed by atoms with van der Waals surface area (Å²) in [5.74, 6) is 0. The molecule has 3 aromatic carbocycles. The number of nitrogens with zero attached hydrogens (tertiary/aromatic N) is 5. The highest BCUT2D eigenvalue weighted by molar-refractivity contribution is 6.36. The van der Waals surface area contributed by atoms with Gasteiger partial charge in [0.05, 0.1) is 39.0 Å². The average molecular weight is 665 g/mol. The van der Waals surface area contributed by atoms with Crippen LogP contribution in [-0.4, -0.2) is 45.6 Å². The second-order valence-corrected chi connectivity index (χ2v) is 12.8. The molecule has 0 saturated carbocycles. The van der Waals surface area contributed by atoms with Gasteiger partial charge in [0.15, 0.2) is 0 Å². The second kappa shape index (κ2) is 13.3. The number of nitriles is 1. The number of rotatable bonds is 8. The predicted octanol–water partition coefficient (Wildman–Crippen LogP) is 7.82. The molecule has 7 rings (SSSR count). The van der Waals surface area contributed by atoms with E-state index in [4.69, 9.17) is 23.2 Å². The Morgan fingerprint density at radius 3 is 2.64 bits per heavy atom. The van der Waals surface area contributed by atoms with E-state index in [2.05, 4.69) is 84.9 Å². The third-order valence-corrected chi connectivity index (χ3v) is 9.77. The summed E-state index contributed by atoms with van der Waals surface area (Å²) in [5.41, 5.74) is 13.9. The normalized spacial score (nSPS) is 16.1. The minimum atomic E-state index is -0.275. The number of anilines is 3. The Balaban J connectivity index is 1.28. The third kappa shape index (κ3) is 6.38. The molecule has 11 heteroatoms. The summed E-state index contributed by atoms with van der Waals surface area (Å²) in [7, 11) is 0. The molecule has 0 unspecified atom stereocenters. The fourth-order valence-electron chi connectivity index (χ4n) is 6.35. The summed E-state index contributed by atoms with van der Waals surface area (Å²) in [6, 6.07) is 22.3. The summed E-state index contributed by atoms with van der Waals surface area (Å²) in [5, 5.41) is 22.3. The van der Waals surface area contributed by atoms with E-state index in [0.29, 0.717) is 38.2 Å². The Kier molecular flexibility index (Phi) is 8.76. The van der Waals surface area contributed by atoms with Gasteiger partial charge in [-0.1, -0.05) is 54.4 Å². The number of likely N-dealkylation sites (tertiary alicyclic amines) is 1. The number of nitrogens with one attached hydrogen (secondary N) is 4. The number of piperidine rings is 1. The molecule has 1 saturated heterocycles. The number of benzene rings is 3. The van der Waals surface area contributed by atoms with Crippen LogP contribution in [0.4, 0.5) is 17.1 Å². The quantitative estimate of drug-likeness (QED) is 0.132. The number of hydrogen-bond acceptors (Lipinski definition) is 9. The molecule has 0 aliphatic carbocycles. The summed E-state index contributed by atoms with van der Waals surface area (Å²) >= 11 is 13.3. The highest BCUT2D eigenvalue weighted by Crippen LogP contribution is 2.38. The number of hydrogen-bond donors (Lipinski definition) is 4. The highest BCUT2D eigenvalue weighted by atomic mass is 35.5. The van der Waals surface area contributed by atoms with Crippen LogP contribution in [-0.2, 0) is 0 Å². The summed E-state index contributed by atoms with van der Waals surface area (Å²) in [4.78, 5) is 11.7. The van der Waals surface area contributed by atoms with Crippen LogP contribution in [0.15, 0.2) is 85.0 Å². The van der Waals surface area contributed by atoms with Gasteiger partial charge >= 0.3 is 0 Å². The number of aryl methyl sites for hydroxylation is 1. The van der Waals surface area contributed by atoms with Crippen LogP contribution >= 0.6 is 23.2 Å². The van der Waals surface area contributed by atoms with Crippen LogP contribution in [0, 0.1) is 18.3 Å². The standard InChI is InChI=1S/C36H35Cl2N9/c1-3-46-13-10-28(11-14-46)47-21-33(44-45-47)35(24-8-7-23-5-4-12-40-32(23)15-24)43-27-16-29-34(42-26-9-6-22(2)30(37)17-26)25(19-39)20-41-36(29)31(38)18-27/h4-9,12,15-18,20-21,28,35,43-45H,3,10-11,13-14H2,1-2H3,(H,41,42)/t35-/m0/s1. The van der Waals surface area contributed by atoms with Crippen LogP contribution in [0.5, 0.6) is 0 Å². The minimum Gasteiger partial charge on any atom is -0.373 e. The lowest BCUT2D eigenvalue weighted by Gasteiger charge is -2.35. The van der Waals surface area contributed by atoms with Crippen molar-refractivity contribution in [3.63, 3.8) is 0 Å². The van der Waals surface area contributed by atoms with Crippen molar-refractivity contribution in [1.29, 1.82) is 5.26 Å². The largest absolute Gasteiger partial charge is 0.373 e. The molecule has 238 valence electrons. The van der Waals surface area contributed by atoms with E-state index in [1.165, 1.54) is 0 Å². The van der Waals surface area contributed by atoms with Crippen molar-refractivity contribution in [1.82, 2.24) is 30.8 Å². The van der Waals surface area contributed by atoms with E-state index >= 15 is 0 Å². The SMILES string of the molecule is CCN1CCC(N2C=C([C@@H](Nc3cc(Cl)c4ncc(C#N)c(Nc5ccc(C)c(Cl)c5)c4c3)c3ccc4cccnc4c3)NN2)CC1. The first-order chi connectivity index (χ1) is 22.9. The van der Waals surface area contributed by atoms with Crippen LogP contribution in [0.3, 0.4) is 0 Å². The molecule has 0 radical (unpaired) electrons. The van der Waals surface area contributed by atoms with Gasteiger partial charge in [-0.25, -0.2) is 0 Å². The first kappa shape index (κ1) is 31.0. The Hall–Kier alpha value is -4.59. The molecular formula is C36H35Cl2N9. The van der Waals surface area contributed by atoms with Gasteiger partial charge < -0.3 is 21.0 Å². The third-order valence-electron chi connectivity index (χ3n) is 9.08. The molecule has 2 aromatic heterocycles. The van der Waals surface area contributed by atoms with Gasteiger partial charge in [-0.2, -0.15) is 5.26 Å². The number of aromatic nitrogens is 2. The molecular weight excluding hydrogens is 629 g/mol. The second-order valence-electron chi connectivity index (χ2n) is 12.0. The van der Waals surface area contributed by atoms with Crippen LogP contribution in [0.1, 0.15) is 42.5 Å². The van der Waals surface area contributed by atoms with Gasteiger partial charge in [0.2, 0.25) is 0 Å². The minimum absolute atomic E-state index is 0.275. The molecule has 4 heterocycles. The van der Waals surface area contributed by atoms with Gasteiger partial charge in [0, 0.05) is 64.9 Å². The molecule has 2 aliphatic rings. The fraction of sp³-hybridized carbons (Fsp3) is 0.250. The lowest BCUT2D eigenvalue weighted by Crippen LogP contribution is -2.48. The highest BCUT2D eigenvalue weighted by Gasteiger charge is 2.29. The van der Waals surface area contributed by atoms with Gasteiger partial charge in [0.1, 0.15) is 6.07 Å². The molecule has 2 aliphatic heterocycles. The van der Waals surface area contributed by atoms with E-state index in [0.717, 1.165) is 71.6 Å². The van der Waals surface area contributed by atoms with E-state index in [1.807, 2.05) is 49.5 Å². The monoisotopic (exact) mass is 663 g/mol. The van der Waals surface area contributed by atoms with Gasteiger partial charge in [-0.05, 0) is 73.8 Å². The van der Waals surface area contributed by atoms with E-state index in [1.54, 1.807) is 6.20 Å². The summed E-state index contributed by atoms with van der Waals surface area (Å²) in [6.45, 7) is 7.42. The van der Waals surface area contributed by atoms with Crippen LogP contribution in [0.25, 0.3) is 21.8 Å². The van der Waals surface area contributed by atoms with E-state index in [-0.39, 0.29) is 6.04 Å². The van der Waals surface area contributed by atoms with Crippen molar-refractivity contribution in [2.24, 2.45) is 0 Å². The predicted molar refractivity (Wildman–Crippen MR) is 190 cm³/mol. The molecule has 1 fully saturated rings. The van der Waals surface area contributed by atoms with E-state index in [9.17, 15) is 5.26 Å². The molecule has 0 spiro atoms. The van der Waals surface area contributed by atoms with E-state index < -0.39 is 0 Å². The Morgan fingerprint density at radius 2 is 1.85 bits per heavy atom. The number of fused-ring (bicyclic) bond motifs is 2. The van der Waals surface area contributed by atoms with Crippen molar-refractivity contribution in [2.45, 2.75) is 38.8 Å². The van der Waals surface area contributed by atoms with Crippen molar-refractivity contribution in [3.05, 3.63) is 112 Å². The lowest BCUT2D eigenvalue weighted by molar-refractivity contribution is 0.112. The van der Waals surface area contributed by atoms with Crippen LogP contribution < -0.4 is 21.6 Å². The molecule has 4 N–H and O–H groups in total. The van der Waals surface area contributed by atoms with Gasteiger partial charge in [-0.15, -0.1) is 5.53 Å². The van der Waals surface area contributed by atoms with Gasteiger partial charge in [-0.3, -0.25) is 15.0 Å². The molecule has 0 bridgehead atoms. The maximum atomic E-state index is 10.0. The van der Waals surface area contributed by atoms with Crippen molar-refractivity contribution >= 4 is 62.1 Å². The molecule has 9 nitrogen and oxygen atoms in total. The zero-order chi connectivity index (χ0) is 32.5. The molecule has 0 amide bonds. The number of halogens is 2. The number of pyridine rings is 2. The molecule has 5 aromatic rings. The zero-order valence-electron chi connectivity index (χ0n) is 26.2. The topological polar surface area (TPSA) is 104 Å². The molecule has 47 heavy (non-hydrogen) atoms. The first-order valence-electron chi connectivity index (χ1n) is 15.8. The number of hydrazine groups is 2.